The number of hydrogen-bond acceptors (Lipinski definition) is 5. The van der Waals surface area contributed by atoms with Crippen molar-refractivity contribution in [3.63, 3.8) is 0 Å². The first kappa shape index (κ1) is 14.0. The first-order valence-corrected chi connectivity index (χ1v) is 6.41. The molecule has 0 saturated heterocycles. The number of aromatic nitrogens is 3. The number of anilines is 1. The van der Waals surface area contributed by atoms with E-state index in [0.717, 1.165) is 30.9 Å². The fourth-order valence-corrected chi connectivity index (χ4v) is 1.95. The summed E-state index contributed by atoms with van der Waals surface area (Å²) in [5.74, 6) is 0.643. The Morgan fingerprint density at radius 3 is 2.75 bits per heavy atom. The van der Waals surface area contributed by atoms with E-state index in [1.807, 2.05) is 24.6 Å². The molecule has 0 unspecified atom stereocenters. The van der Waals surface area contributed by atoms with Crippen molar-refractivity contribution in [3.8, 4) is 0 Å². The number of aryl methyl sites for hydroxylation is 3. The Hall–Kier alpha value is -2.44. The van der Waals surface area contributed by atoms with E-state index in [9.17, 15) is 10.1 Å². The molecule has 2 aromatic rings. The van der Waals surface area contributed by atoms with E-state index in [1.165, 1.54) is 12.3 Å². The van der Waals surface area contributed by atoms with Gasteiger partial charge in [0.25, 0.3) is 5.69 Å². The second-order valence-electron chi connectivity index (χ2n) is 4.59. The molecule has 0 aliphatic rings. The Kier molecular flexibility index (Phi) is 4.29. The Morgan fingerprint density at radius 1 is 1.40 bits per heavy atom. The van der Waals surface area contributed by atoms with E-state index in [4.69, 9.17) is 0 Å². The van der Waals surface area contributed by atoms with E-state index in [-0.39, 0.29) is 5.69 Å². The molecule has 0 spiro atoms. The summed E-state index contributed by atoms with van der Waals surface area (Å²) in [4.78, 5) is 14.0. The maximum atomic E-state index is 10.5. The minimum Gasteiger partial charge on any atom is -0.370 e. The molecule has 20 heavy (non-hydrogen) atoms. The summed E-state index contributed by atoms with van der Waals surface area (Å²) < 4.78 is 1.97. The number of nitro groups is 1. The summed E-state index contributed by atoms with van der Waals surface area (Å²) in [7, 11) is 0. The minimum atomic E-state index is -0.459. The van der Waals surface area contributed by atoms with Crippen LogP contribution in [0.15, 0.2) is 24.4 Å². The Labute approximate surface area is 116 Å². The van der Waals surface area contributed by atoms with Crippen molar-refractivity contribution in [2.24, 2.45) is 0 Å². The van der Waals surface area contributed by atoms with Gasteiger partial charge >= 0.3 is 0 Å². The molecule has 2 aromatic heterocycles. The summed E-state index contributed by atoms with van der Waals surface area (Å²) in [5, 5.41) is 18.0. The fraction of sp³-hybridized carbons (Fsp3) is 0.385. The zero-order valence-corrected chi connectivity index (χ0v) is 11.5. The lowest BCUT2D eigenvalue weighted by Crippen LogP contribution is -2.09. The Morgan fingerprint density at radius 2 is 2.20 bits per heavy atom. The fourth-order valence-electron chi connectivity index (χ4n) is 1.95. The Bertz CT molecular complexity index is 591. The SMILES string of the molecule is Cc1cc(C)n(CCCNc2ccc([N+](=O)[O-])cn2)n1. The molecular formula is C13H17N5O2. The summed E-state index contributed by atoms with van der Waals surface area (Å²) in [5.41, 5.74) is 2.17. The van der Waals surface area contributed by atoms with E-state index in [1.54, 1.807) is 6.07 Å². The monoisotopic (exact) mass is 275 g/mol. The Balaban J connectivity index is 1.78. The van der Waals surface area contributed by atoms with Crippen LogP contribution >= 0.6 is 0 Å². The van der Waals surface area contributed by atoms with Gasteiger partial charge in [0.1, 0.15) is 12.0 Å². The molecule has 0 radical (unpaired) electrons. The molecule has 7 heteroatoms. The predicted octanol–water partition coefficient (Wildman–Crippen LogP) is 2.31. The second kappa shape index (κ2) is 6.14. The van der Waals surface area contributed by atoms with Gasteiger partial charge in [-0.2, -0.15) is 5.10 Å². The maximum Gasteiger partial charge on any atom is 0.287 e. The van der Waals surface area contributed by atoms with Crippen LogP contribution in [0.1, 0.15) is 17.8 Å². The van der Waals surface area contributed by atoms with Crippen molar-refractivity contribution in [3.05, 3.63) is 45.9 Å². The average molecular weight is 275 g/mol. The highest BCUT2D eigenvalue weighted by Gasteiger charge is 2.05. The molecule has 0 saturated carbocycles. The molecule has 0 atom stereocenters. The van der Waals surface area contributed by atoms with Gasteiger partial charge < -0.3 is 5.32 Å². The van der Waals surface area contributed by atoms with Crippen LogP contribution in [0.4, 0.5) is 11.5 Å². The van der Waals surface area contributed by atoms with Crippen LogP contribution in [-0.2, 0) is 6.54 Å². The molecule has 1 N–H and O–H groups in total. The molecule has 0 aliphatic heterocycles. The van der Waals surface area contributed by atoms with Gasteiger partial charge in [0.15, 0.2) is 0 Å². The maximum absolute atomic E-state index is 10.5. The normalized spacial score (nSPS) is 10.5. The first-order chi connectivity index (χ1) is 9.56. The van der Waals surface area contributed by atoms with E-state index >= 15 is 0 Å². The largest absolute Gasteiger partial charge is 0.370 e. The van der Waals surface area contributed by atoms with Crippen LogP contribution in [0.5, 0.6) is 0 Å². The molecular weight excluding hydrogens is 258 g/mol. The topological polar surface area (TPSA) is 85.9 Å². The van der Waals surface area contributed by atoms with Crippen molar-refractivity contribution in [2.45, 2.75) is 26.8 Å². The lowest BCUT2D eigenvalue weighted by atomic mass is 10.3. The smallest absolute Gasteiger partial charge is 0.287 e. The van der Waals surface area contributed by atoms with Gasteiger partial charge in [0.05, 0.1) is 10.6 Å². The second-order valence-corrected chi connectivity index (χ2v) is 4.59. The summed E-state index contributed by atoms with van der Waals surface area (Å²) in [6.07, 6.45) is 2.16. The van der Waals surface area contributed by atoms with Gasteiger partial charge in [0, 0.05) is 24.8 Å². The third-order valence-corrected chi connectivity index (χ3v) is 2.91. The summed E-state index contributed by atoms with van der Waals surface area (Å²) >= 11 is 0. The molecule has 7 nitrogen and oxygen atoms in total. The van der Waals surface area contributed by atoms with Crippen LogP contribution in [-0.4, -0.2) is 26.2 Å². The van der Waals surface area contributed by atoms with Gasteiger partial charge in [-0.15, -0.1) is 0 Å². The van der Waals surface area contributed by atoms with Gasteiger partial charge in [0.2, 0.25) is 0 Å². The summed E-state index contributed by atoms with van der Waals surface area (Å²) in [6.45, 7) is 5.58. The average Bonchev–Trinajstić information content (AvgIpc) is 2.73. The highest BCUT2D eigenvalue weighted by molar-refractivity contribution is 5.39. The predicted molar refractivity (Wildman–Crippen MR) is 75.7 cm³/mol. The number of nitrogens with one attached hydrogen (secondary N) is 1. The lowest BCUT2D eigenvalue weighted by molar-refractivity contribution is -0.385. The zero-order valence-electron chi connectivity index (χ0n) is 11.5. The van der Waals surface area contributed by atoms with Crippen molar-refractivity contribution in [1.29, 1.82) is 0 Å². The molecule has 2 rings (SSSR count). The standard InChI is InChI=1S/C13H17N5O2/c1-10-8-11(2)17(16-10)7-3-6-14-13-5-4-12(9-15-13)18(19)20/h4-5,8-9H,3,6-7H2,1-2H3,(H,14,15). The van der Waals surface area contributed by atoms with E-state index in [2.05, 4.69) is 15.4 Å². The quantitative estimate of drug-likeness (QED) is 0.496. The van der Waals surface area contributed by atoms with Crippen LogP contribution in [0.25, 0.3) is 0 Å². The highest BCUT2D eigenvalue weighted by atomic mass is 16.6. The molecule has 0 fully saturated rings. The lowest BCUT2D eigenvalue weighted by Gasteiger charge is -2.06. The van der Waals surface area contributed by atoms with E-state index < -0.39 is 4.92 Å². The van der Waals surface area contributed by atoms with Crippen LogP contribution in [0.3, 0.4) is 0 Å². The van der Waals surface area contributed by atoms with Crippen LogP contribution in [0.2, 0.25) is 0 Å². The van der Waals surface area contributed by atoms with Gasteiger partial charge in [-0.05, 0) is 32.4 Å². The zero-order chi connectivity index (χ0) is 14.5. The van der Waals surface area contributed by atoms with Crippen molar-refractivity contribution < 1.29 is 4.92 Å². The number of rotatable bonds is 6. The number of hydrogen-bond donors (Lipinski definition) is 1. The third kappa shape index (κ3) is 3.53. The molecule has 0 amide bonds. The van der Waals surface area contributed by atoms with Gasteiger partial charge in [-0.25, -0.2) is 4.98 Å². The van der Waals surface area contributed by atoms with E-state index in [0.29, 0.717) is 5.82 Å². The van der Waals surface area contributed by atoms with Crippen molar-refractivity contribution in [1.82, 2.24) is 14.8 Å². The van der Waals surface area contributed by atoms with Crippen LogP contribution in [0, 0.1) is 24.0 Å². The number of pyridine rings is 1. The molecule has 0 bridgehead atoms. The minimum absolute atomic E-state index is 0.00167. The number of nitrogens with zero attached hydrogens (tertiary/aromatic N) is 4. The molecule has 0 aliphatic carbocycles. The van der Waals surface area contributed by atoms with Crippen molar-refractivity contribution in [2.75, 3.05) is 11.9 Å². The molecule has 0 aromatic carbocycles. The molecule has 2 heterocycles. The third-order valence-electron chi connectivity index (χ3n) is 2.91. The van der Waals surface area contributed by atoms with Crippen molar-refractivity contribution >= 4 is 11.5 Å². The summed E-state index contributed by atoms with van der Waals surface area (Å²) in [6, 6.07) is 5.10. The van der Waals surface area contributed by atoms with Gasteiger partial charge in [-0.1, -0.05) is 0 Å². The highest BCUT2D eigenvalue weighted by Crippen LogP contribution is 2.11. The first-order valence-electron chi connectivity index (χ1n) is 6.41. The van der Waals surface area contributed by atoms with Crippen LogP contribution < -0.4 is 5.32 Å². The van der Waals surface area contributed by atoms with Gasteiger partial charge in [-0.3, -0.25) is 14.8 Å². The molecule has 106 valence electrons.